The van der Waals surface area contributed by atoms with Crippen molar-refractivity contribution in [3.63, 3.8) is 0 Å². The number of carbonyl (C=O) groups excluding carboxylic acids is 1. The summed E-state index contributed by atoms with van der Waals surface area (Å²) in [6.07, 6.45) is 4.44. The van der Waals surface area contributed by atoms with Crippen molar-refractivity contribution >= 4 is 12.0 Å². The van der Waals surface area contributed by atoms with E-state index in [-0.39, 0.29) is 5.91 Å². The Labute approximate surface area is 173 Å². The number of carbonyl (C=O) groups is 1. The molecule has 1 N–H and O–H groups in total. The summed E-state index contributed by atoms with van der Waals surface area (Å²) in [7, 11) is 0. The van der Waals surface area contributed by atoms with Crippen LogP contribution in [0.2, 0.25) is 0 Å². The third kappa shape index (κ3) is 6.27. The fourth-order valence-electron chi connectivity index (χ4n) is 3.53. The van der Waals surface area contributed by atoms with Crippen molar-refractivity contribution in [2.75, 3.05) is 39.4 Å². The molecule has 2 aromatic rings. The molecule has 1 aliphatic heterocycles. The third-order valence-electron chi connectivity index (χ3n) is 5.35. The Morgan fingerprint density at radius 2 is 1.90 bits per heavy atom. The molecule has 0 radical (unpaired) electrons. The first kappa shape index (κ1) is 21.3. The minimum absolute atomic E-state index is 0.0583. The summed E-state index contributed by atoms with van der Waals surface area (Å²) >= 11 is 0. The van der Waals surface area contributed by atoms with Crippen molar-refractivity contribution in [2.24, 2.45) is 0 Å². The van der Waals surface area contributed by atoms with Crippen molar-refractivity contribution in [1.82, 2.24) is 20.0 Å². The van der Waals surface area contributed by atoms with Crippen molar-refractivity contribution in [3.8, 4) is 0 Å². The molecule has 1 saturated heterocycles. The maximum Gasteiger partial charge on any atom is 0.244 e. The van der Waals surface area contributed by atoms with Gasteiger partial charge in [-0.1, -0.05) is 29.8 Å². The fraction of sp³-hybridized carbons (Fsp3) is 0.478. The molecular weight excluding hydrogens is 364 g/mol. The van der Waals surface area contributed by atoms with E-state index in [1.807, 2.05) is 24.6 Å². The van der Waals surface area contributed by atoms with E-state index in [0.717, 1.165) is 62.8 Å². The van der Waals surface area contributed by atoms with Crippen molar-refractivity contribution in [3.05, 3.63) is 58.4 Å². The van der Waals surface area contributed by atoms with Gasteiger partial charge in [-0.15, -0.1) is 0 Å². The van der Waals surface area contributed by atoms with E-state index in [4.69, 9.17) is 4.74 Å². The van der Waals surface area contributed by atoms with E-state index in [1.165, 1.54) is 11.1 Å². The lowest BCUT2D eigenvalue weighted by atomic mass is 10.1. The van der Waals surface area contributed by atoms with E-state index in [0.29, 0.717) is 6.54 Å². The molecule has 0 unspecified atom stereocenters. The van der Waals surface area contributed by atoms with Gasteiger partial charge >= 0.3 is 0 Å². The van der Waals surface area contributed by atoms with Gasteiger partial charge in [-0.05, 0) is 45.4 Å². The van der Waals surface area contributed by atoms with Gasteiger partial charge in [-0.2, -0.15) is 5.10 Å². The first-order valence-corrected chi connectivity index (χ1v) is 10.4. The van der Waals surface area contributed by atoms with Crippen LogP contribution in [-0.4, -0.2) is 60.0 Å². The first-order chi connectivity index (χ1) is 14.0. The molecule has 0 aliphatic carbocycles. The van der Waals surface area contributed by atoms with Gasteiger partial charge in [-0.25, -0.2) is 0 Å². The highest BCUT2D eigenvalue weighted by Gasteiger charge is 2.11. The number of morpholine rings is 1. The number of rotatable bonds is 8. The van der Waals surface area contributed by atoms with E-state index in [1.54, 1.807) is 6.08 Å². The predicted molar refractivity (Wildman–Crippen MR) is 116 cm³/mol. The van der Waals surface area contributed by atoms with Gasteiger partial charge in [-0.3, -0.25) is 14.4 Å². The van der Waals surface area contributed by atoms with E-state index in [9.17, 15) is 4.79 Å². The molecule has 1 aromatic heterocycles. The lowest BCUT2D eigenvalue weighted by molar-refractivity contribution is -0.116. The Morgan fingerprint density at radius 1 is 1.17 bits per heavy atom. The quantitative estimate of drug-likeness (QED) is 0.551. The molecule has 3 rings (SSSR count). The molecule has 1 aliphatic rings. The summed E-state index contributed by atoms with van der Waals surface area (Å²) in [4.78, 5) is 14.5. The smallest absolute Gasteiger partial charge is 0.244 e. The lowest BCUT2D eigenvalue weighted by Crippen LogP contribution is -2.38. The van der Waals surface area contributed by atoms with E-state index in [2.05, 4.69) is 46.5 Å². The zero-order valence-corrected chi connectivity index (χ0v) is 17.8. The summed E-state index contributed by atoms with van der Waals surface area (Å²) in [5, 5.41) is 7.62. The summed E-state index contributed by atoms with van der Waals surface area (Å²) < 4.78 is 7.35. The Morgan fingerprint density at radius 3 is 2.62 bits per heavy atom. The molecule has 1 fully saturated rings. The second kappa shape index (κ2) is 10.4. The lowest BCUT2D eigenvalue weighted by Gasteiger charge is -2.26. The molecule has 0 spiro atoms. The van der Waals surface area contributed by atoms with Gasteiger partial charge in [0.15, 0.2) is 0 Å². The molecule has 29 heavy (non-hydrogen) atoms. The van der Waals surface area contributed by atoms with Gasteiger partial charge in [0.25, 0.3) is 0 Å². The number of benzene rings is 1. The topological polar surface area (TPSA) is 59.4 Å². The molecule has 6 nitrogen and oxygen atoms in total. The van der Waals surface area contributed by atoms with Crippen LogP contribution in [0.25, 0.3) is 6.08 Å². The van der Waals surface area contributed by atoms with Crippen LogP contribution in [0.15, 0.2) is 30.3 Å². The summed E-state index contributed by atoms with van der Waals surface area (Å²) in [6, 6.07) is 8.49. The monoisotopic (exact) mass is 396 g/mol. The molecule has 156 valence electrons. The maximum atomic E-state index is 12.2. The van der Waals surface area contributed by atoms with Gasteiger partial charge in [0.1, 0.15) is 0 Å². The normalized spacial score (nSPS) is 15.1. The summed E-state index contributed by atoms with van der Waals surface area (Å²) in [5.74, 6) is -0.0583. The molecular formula is C23H32N4O2. The van der Waals surface area contributed by atoms with Gasteiger partial charge in [0.2, 0.25) is 5.91 Å². The minimum atomic E-state index is -0.0583. The SMILES string of the molecule is Cc1ccc(Cn2nc(C)c(/C=C/C(=O)NCCCN3CCOCC3)c2C)cc1. The molecule has 6 heteroatoms. The van der Waals surface area contributed by atoms with Crippen LogP contribution in [0.1, 0.15) is 34.5 Å². The number of hydrogen-bond acceptors (Lipinski definition) is 4. The van der Waals surface area contributed by atoms with Gasteiger partial charge in [0.05, 0.1) is 25.5 Å². The van der Waals surface area contributed by atoms with Crippen LogP contribution in [0.4, 0.5) is 0 Å². The summed E-state index contributed by atoms with van der Waals surface area (Å²) in [6.45, 7) is 12.1. The van der Waals surface area contributed by atoms with Crippen LogP contribution < -0.4 is 5.32 Å². The second-order valence-electron chi connectivity index (χ2n) is 7.66. The third-order valence-corrected chi connectivity index (χ3v) is 5.35. The van der Waals surface area contributed by atoms with Crippen LogP contribution in [0.5, 0.6) is 0 Å². The highest BCUT2D eigenvalue weighted by atomic mass is 16.5. The molecule has 0 saturated carbocycles. The molecule has 1 amide bonds. The average molecular weight is 397 g/mol. The minimum Gasteiger partial charge on any atom is -0.379 e. The van der Waals surface area contributed by atoms with Crippen molar-refractivity contribution in [2.45, 2.75) is 33.7 Å². The maximum absolute atomic E-state index is 12.2. The number of hydrogen-bond donors (Lipinski definition) is 1. The molecule has 2 heterocycles. The number of nitrogens with zero attached hydrogens (tertiary/aromatic N) is 3. The number of nitrogens with one attached hydrogen (secondary N) is 1. The Kier molecular flexibility index (Phi) is 7.61. The Hall–Kier alpha value is -2.44. The average Bonchev–Trinajstić information content (AvgIpc) is 2.99. The van der Waals surface area contributed by atoms with E-state index < -0.39 is 0 Å². The second-order valence-corrected chi connectivity index (χ2v) is 7.66. The Balaban J connectivity index is 1.49. The van der Waals surface area contributed by atoms with Crippen LogP contribution in [0, 0.1) is 20.8 Å². The molecule has 0 bridgehead atoms. The molecule has 1 aromatic carbocycles. The number of ether oxygens (including phenoxy) is 1. The number of aryl methyl sites for hydroxylation is 2. The number of aromatic nitrogens is 2. The highest BCUT2D eigenvalue weighted by molar-refractivity contribution is 5.91. The van der Waals surface area contributed by atoms with Gasteiger partial charge in [0, 0.05) is 37.0 Å². The zero-order chi connectivity index (χ0) is 20.6. The van der Waals surface area contributed by atoms with Crippen LogP contribution >= 0.6 is 0 Å². The van der Waals surface area contributed by atoms with Crippen LogP contribution in [0.3, 0.4) is 0 Å². The number of amides is 1. The van der Waals surface area contributed by atoms with Crippen molar-refractivity contribution < 1.29 is 9.53 Å². The highest BCUT2D eigenvalue weighted by Crippen LogP contribution is 2.16. The van der Waals surface area contributed by atoms with Crippen LogP contribution in [-0.2, 0) is 16.1 Å². The molecule has 0 atom stereocenters. The standard InChI is InChI=1S/C23H32N4O2/c1-18-5-7-21(8-6-18)17-27-20(3)22(19(2)25-27)9-10-23(28)24-11-4-12-26-13-15-29-16-14-26/h5-10H,4,11-17H2,1-3H3,(H,24,28)/b10-9+. The predicted octanol–water partition coefficient (Wildman–Crippen LogP) is 2.71. The van der Waals surface area contributed by atoms with E-state index >= 15 is 0 Å². The largest absolute Gasteiger partial charge is 0.379 e. The van der Waals surface area contributed by atoms with Crippen molar-refractivity contribution in [1.29, 1.82) is 0 Å². The first-order valence-electron chi connectivity index (χ1n) is 10.4. The van der Waals surface area contributed by atoms with Gasteiger partial charge < -0.3 is 10.1 Å². The fourth-order valence-corrected chi connectivity index (χ4v) is 3.53. The summed E-state index contributed by atoms with van der Waals surface area (Å²) in [5.41, 5.74) is 5.49. The zero-order valence-electron chi connectivity index (χ0n) is 17.8. The Bertz CT molecular complexity index is 833.